The minimum atomic E-state index is 1.08. The summed E-state index contributed by atoms with van der Waals surface area (Å²) in [5, 5.41) is 12.4. The Kier molecular flexibility index (Phi) is 9.89. The van der Waals surface area contributed by atoms with Crippen LogP contribution in [-0.4, -0.2) is 4.57 Å². The van der Waals surface area contributed by atoms with Crippen LogP contribution in [0.25, 0.3) is 115 Å². The molecule has 336 valence electrons. The van der Waals surface area contributed by atoms with E-state index in [4.69, 9.17) is 0 Å². The SMILES string of the molecule is c1ccc(-n2c3ccccc3c3cc(N(c4ccc(-c5cccc6ccccc56)cc4)c4ccc(-c5c6ccccc6c(-c6cccc(-c7ccc8ccccc8c7)c6)c6ccccc56)cc4)ccc32)cc1. The number of aromatic nitrogens is 1. The monoisotopic (exact) mass is 914 g/mol. The van der Waals surface area contributed by atoms with E-state index >= 15 is 0 Å². The molecule has 14 rings (SSSR count). The number of benzene rings is 13. The van der Waals surface area contributed by atoms with E-state index in [0.29, 0.717) is 0 Å². The maximum atomic E-state index is 2.41. The molecule has 1 heterocycles. The number of hydrogen-bond acceptors (Lipinski definition) is 1. The Morgan fingerprint density at radius 1 is 0.236 bits per heavy atom. The van der Waals surface area contributed by atoms with Gasteiger partial charge < -0.3 is 9.47 Å². The highest BCUT2D eigenvalue weighted by atomic mass is 15.1. The molecule has 0 bridgehead atoms. The zero-order valence-electron chi connectivity index (χ0n) is 39.5. The van der Waals surface area contributed by atoms with Crippen LogP contribution in [0.1, 0.15) is 0 Å². The van der Waals surface area contributed by atoms with Crippen molar-refractivity contribution in [3.8, 4) is 50.2 Å². The van der Waals surface area contributed by atoms with Crippen LogP contribution in [0.5, 0.6) is 0 Å². The molecule has 0 radical (unpaired) electrons. The normalized spacial score (nSPS) is 11.6. The molecule has 0 unspecified atom stereocenters. The van der Waals surface area contributed by atoms with E-state index in [0.717, 1.165) is 22.7 Å². The molecule has 1 aromatic heterocycles. The van der Waals surface area contributed by atoms with Crippen LogP contribution < -0.4 is 4.90 Å². The van der Waals surface area contributed by atoms with Gasteiger partial charge in [0, 0.05) is 33.5 Å². The van der Waals surface area contributed by atoms with E-state index in [1.165, 1.54) is 109 Å². The number of anilines is 3. The summed E-state index contributed by atoms with van der Waals surface area (Å²) in [4.78, 5) is 2.41. The van der Waals surface area contributed by atoms with Gasteiger partial charge in [-0.15, -0.1) is 0 Å². The van der Waals surface area contributed by atoms with Gasteiger partial charge in [0.15, 0.2) is 0 Å². The maximum absolute atomic E-state index is 2.41. The topological polar surface area (TPSA) is 8.17 Å². The van der Waals surface area contributed by atoms with Gasteiger partial charge in [0.25, 0.3) is 0 Å². The predicted molar refractivity (Wildman–Crippen MR) is 307 cm³/mol. The highest BCUT2D eigenvalue weighted by Gasteiger charge is 2.21. The van der Waals surface area contributed by atoms with Gasteiger partial charge in [-0.05, 0) is 160 Å². The summed E-state index contributed by atoms with van der Waals surface area (Å²) in [7, 11) is 0. The van der Waals surface area contributed by atoms with Crippen molar-refractivity contribution in [2.45, 2.75) is 0 Å². The summed E-state index contributed by atoms with van der Waals surface area (Å²) in [5.74, 6) is 0. The highest BCUT2D eigenvalue weighted by molar-refractivity contribution is 6.21. The second-order valence-electron chi connectivity index (χ2n) is 18.8. The smallest absolute Gasteiger partial charge is 0.0542 e. The van der Waals surface area contributed by atoms with Crippen LogP contribution in [0.2, 0.25) is 0 Å². The third-order valence-electron chi connectivity index (χ3n) is 14.7. The first kappa shape index (κ1) is 41.5. The van der Waals surface area contributed by atoms with Crippen LogP contribution in [0.4, 0.5) is 17.1 Å². The maximum Gasteiger partial charge on any atom is 0.0542 e. The van der Waals surface area contributed by atoms with Crippen LogP contribution in [-0.2, 0) is 0 Å². The molecule has 2 heteroatoms. The molecule has 0 saturated carbocycles. The van der Waals surface area contributed by atoms with E-state index in [1.54, 1.807) is 0 Å². The lowest BCUT2D eigenvalue weighted by molar-refractivity contribution is 1.18. The van der Waals surface area contributed by atoms with E-state index < -0.39 is 0 Å². The van der Waals surface area contributed by atoms with E-state index in [1.807, 2.05) is 0 Å². The van der Waals surface area contributed by atoms with Gasteiger partial charge in [-0.2, -0.15) is 0 Å². The number of fused-ring (bicyclic) bond motifs is 7. The second-order valence-corrected chi connectivity index (χ2v) is 18.8. The van der Waals surface area contributed by atoms with Gasteiger partial charge in [0.1, 0.15) is 0 Å². The summed E-state index contributed by atoms with van der Waals surface area (Å²) >= 11 is 0. The summed E-state index contributed by atoms with van der Waals surface area (Å²) < 4.78 is 2.38. The molecule has 0 aliphatic heterocycles. The third kappa shape index (κ3) is 6.95. The Morgan fingerprint density at radius 3 is 1.43 bits per heavy atom. The Bertz CT molecular complexity index is 4310. The predicted octanol–water partition coefficient (Wildman–Crippen LogP) is 19.5. The van der Waals surface area contributed by atoms with Crippen LogP contribution in [0, 0.1) is 0 Å². The molecular formula is C70H46N2. The summed E-state index contributed by atoms with van der Waals surface area (Å²) in [6.07, 6.45) is 0. The Morgan fingerprint density at radius 2 is 0.722 bits per heavy atom. The van der Waals surface area contributed by atoms with E-state index in [2.05, 4.69) is 289 Å². The lowest BCUT2D eigenvalue weighted by Crippen LogP contribution is -2.10. The van der Waals surface area contributed by atoms with Gasteiger partial charge in [0.2, 0.25) is 0 Å². The van der Waals surface area contributed by atoms with Crippen molar-refractivity contribution in [3.05, 3.63) is 279 Å². The number of para-hydroxylation sites is 2. The number of nitrogens with zero attached hydrogens (tertiary/aromatic N) is 2. The zero-order valence-corrected chi connectivity index (χ0v) is 39.5. The minimum Gasteiger partial charge on any atom is -0.310 e. The van der Waals surface area contributed by atoms with Gasteiger partial charge >= 0.3 is 0 Å². The number of rotatable bonds is 8. The fourth-order valence-electron chi connectivity index (χ4n) is 11.4. The van der Waals surface area contributed by atoms with Crippen molar-refractivity contribution >= 4 is 82.0 Å². The second kappa shape index (κ2) is 17.2. The van der Waals surface area contributed by atoms with Crippen molar-refractivity contribution < 1.29 is 0 Å². The molecule has 0 aliphatic carbocycles. The van der Waals surface area contributed by atoms with Crippen molar-refractivity contribution in [3.63, 3.8) is 0 Å². The van der Waals surface area contributed by atoms with Gasteiger partial charge in [-0.3, -0.25) is 0 Å². The molecule has 0 fully saturated rings. The Labute approximate surface area is 418 Å². The van der Waals surface area contributed by atoms with Crippen molar-refractivity contribution in [1.29, 1.82) is 0 Å². The molecule has 0 atom stereocenters. The lowest BCUT2D eigenvalue weighted by Gasteiger charge is -2.26. The minimum absolute atomic E-state index is 1.08. The van der Waals surface area contributed by atoms with Gasteiger partial charge in [0.05, 0.1) is 11.0 Å². The van der Waals surface area contributed by atoms with Crippen LogP contribution >= 0.6 is 0 Å². The van der Waals surface area contributed by atoms with E-state index in [9.17, 15) is 0 Å². The molecule has 0 N–H and O–H groups in total. The van der Waals surface area contributed by atoms with Crippen molar-refractivity contribution in [1.82, 2.24) is 4.57 Å². The van der Waals surface area contributed by atoms with Gasteiger partial charge in [-0.25, -0.2) is 0 Å². The molecule has 14 aromatic rings. The summed E-state index contributed by atoms with van der Waals surface area (Å²) in [5.41, 5.74) is 16.5. The molecule has 2 nitrogen and oxygen atoms in total. The molecule has 72 heavy (non-hydrogen) atoms. The third-order valence-corrected chi connectivity index (χ3v) is 14.7. The van der Waals surface area contributed by atoms with Crippen molar-refractivity contribution in [2.24, 2.45) is 0 Å². The molecule has 0 spiro atoms. The van der Waals surface area contributed by atoms with Crippen LogP contribution in [0.15, 0.2) is 279 Å². The van der Waals surface area contributed by atoms with Crippen LogP contribution in [0.3, 0.4) is 0 Å². The zero-order chi connectivity index (χ0) is 47.5. The fourth-order valence-corrected chi connectivity index (χ4v) is 11.4. The average molecular weight is 915 g/mol. The number of hydrogen-bond donors (Lipinski definition) is 0. The quantitative estimate of drug-likeness (QED) is 0.138. The highest BCUT2D eigenvalue weighted by Crippen LogP contribution is 2.46. The Balaban J connectivity index is 0.912. The summed E-state index contributed by atoms with van der Waals surface area (Å²) in [6, 6.07) is 102. The van der Waals surface area contributed by atoms with Crippen molar-refractivity contribution in [2.75, 3.05) is 4.90 Å². The summed E-state index contributed by atoms with van der Waals surface area (Å²) in [6.45, 7) is 0. The first-order valence-corrected chi connectivity index (χ1v) is 24.8. The molecular weight excluding hydrogens is 869 g/mol. The fraction of sp³-hybridized carbons (Fsp3) is 0. The average Bonchev–Trinajstić information content (AvgIpc) is 3.78. The lowest BCUT2D eigenvalue weighted by atomic mass is 9.85. The molecule has 13 aromatic carbocycles. The van der Waals surface area contributed by atoms with Gasteiger partial charge in [-0.1, -0.05) is 206 Å². The largest absolute Gasteiger partial charge is 0.310 e. The Hall–Kier alpha value is -9.50. The molecule has 0 amide bonds. The molecule has 0 aliphatic rings. The first-order chi connectivity index (χ1) is 35.7. The molecule has 0 saturated heterocycles. The van der Waals surface area contributed by atoms with E-state index in [-0.39, 0.29) is 0 Å². The standard InChI is InChI=1S/C70H46N2/c1-2-22-55(23-3-1)72-67-31-13-12-25-61(67)66-46-58(42-43-68(66)72)71(56-38-34-49(35-39-56)60-30-15-19-48-17-6-7-24-59(48)60)57-40-36-50(37-41-57)69-62-26-8-10-28-64(62)70(65-29-11-9-27-63(65)69)54-21-14-20-52(45-54)53-33-32-47-16-4-5-18-51(47)44-53/h1-46H. The first-order valence-electron chi connectivity index (χ1n) is 24.8.